The van der Waals surface area contributed by atoms with Crippen LogP contribution in [0.4, 0.5) is 0 Å². The summed E-state index contributed by atoms with van der Waals surface area (Å²) in [5.74, 6) is -0.508. The average Bonchev–Trinajstić information content (AvgIpc) is 1.73. The molecule has 5 heteroatoms. The standard InChI is InChI=1S/C5H9NO3S/c1-5(2)3-10(8,9)6-4(5)7/h3H2,1-2H3,(H,6,7). The fourth-order valence-corrected chi connectivity index (χ4v) is 2.57. The highest BCUT2D eigenvalue weighted by Crippen LogP contribution is 2.23. The van der Waals surface area contributed by atoms with E-state index in [2.05, 4.69) is 0 Å². The molecule has 1 aliphatic heterocycles. The van der Waals surface area contributed by atoms with Crippen LogP contribution >= 0.6 is 0 Å². The monoisotopic (exact) mass is 163 g/mol. The largest absolute Gasteiger partial charge is 0.273 e. The SMILES string of the molecule is CC1(C)CS(=O)(=O)NC1=O. The summed E-state index contributed by atoms with van der Waals surface area (Å²) in [5, 5.41) is 0. The van der Waals surface area contributed by atoms with E-state index >= 15 is 0 Å². The molecule has 1 fully saturated rings. The Bertz CT molecular complexity index is 265. The lowest BCUT2D eigenvalue weighted by Crippen LogP contribution is -2.26. The lowest BCUT2D eigenvalue weighted by molar-refractivity contribution is -0.125. The fraction of sp³-hybridized carbons (Fsp3) is 0.800. The summed E-state index contributed by atoms with van der Waals surface area (Å²) in [5.41, 5.74) is -0.751. The van der Waals surface area contributed by atoms with Gasteiger partial charge in [0.2, 0.25) is 15.9 Å². The van der Waals surface area contributed by atoms with E-state index in [1.54, 1.807) is 13.8 Å². The second-order valence-corrected chi connectivity index (χ2v) is 4.80. The van der Waals surface area contributed by atoms with E-state index in [0.29, 0.717) is 0 Å². The third-order valence-electron chi connectivity index (χ3n) is 1.41. The van der Waals surface area contributed by atoms with Crippen LogP contribution in [0.25, 0.3) is 0 Å². The molecule has 0 aromatic heterocycles. The number of nitrogens with one attached hydrogen (secondary N) is 1. The van der Waals surface area contributed by atoms with E-state index < -0.39 is 21.3 Å². The van der Waals surface area contributed by atoms with Crippen molar-refractivity contribution in [1.82, 2.24) is 4.72 Å². The summed E-state index contributed by atoms with van der Waals surface area (Å²) in [6, 6.07) is 0. The van der Waals surface area contributed by atoms with Crippen molar-refractivity contribution in [3.63, 3.8) is 0 Å². The predicted octanol–water partition coefficient (Wildman–Crippen LogP) is -0.528. The molecule has 0 atom stereocenters. The van der Waals surface area contributed by atoms with Gasteiger partial charge in [0, 0.05) is 0 Å². The first-order valence-electron chi connectivity index (χ1n) is 2.88. The Kier molecular flexibility index (Phi) is 1.29. The number of sulfonamides is 1. The topological polar surface area (TPSA) is 63.2 Å². The van der Waals surface area contributed by atoms with Crippen molar-refractivity contribution in [2.24, 2.45) is 5.41 Å². The zero-order valence-corrected chi connectivity index (χ0v) is 6.66. The minimum absolute atomic E-state index is 0.0984. The second-order valence-electron chi connectivity index (χ2n) is 3.07. The third-order valence-corrected chi connectivity index (χ3v) is 3.01. The van der Waals surface area contributed by atoms with Crippen LogP contribution in [0.15, 0.2) is 0 Å². The molecule has 0 aromatic carbocycles. The van der Waals surface area contributed by atoms with Crippen LogP contribution in [-0.4, -0.2) is 20.1 Å². The van der Waals surface area contributed by atoms with Crippen LogP contribution in [0.5, 0.6) is 0 Å². The van der Waals surface area contributed by atoms with Crippen molar-refractivity contribution < 1.29 is 13.2 Å². The minimum Gasteiger partial charge on any atom is -0.273 e. The number of carbonyl (C=O) groups excluding carboxylic acids is 1. The first-order valence-corrected chi connectivity index (χ1v) is 4.54. The van der Waals surface area contributed by atoms with Gasteiger partial charge in [0.1, 0.15) is 0 Å². The Hall–Kier alpha value is -0.580. The van der Waals surface area contributed by atoms with Crippen LogP contribution < -0.4 is 4.72 Å². The number of hydrogen-bond acceptors (Lipinski definition) is 3. The maximum absolute atomic E-state index is 10.8. The maximum Gasteiger partial charge on any atom is 0.240 e. The van der Waals surface area contributed by atoms with Gasteiger partial charge in [-0.05, 0) is 13.8 Å². The lowest BCUT2D eigenvalue weighted by atomic mass is 9.96. The molecule has 0 spiro atoms. The lowest BCUT2D eigenvalue weighted by Gasteiger charge is -2.08. The van der Waals surface area contributed by atoms with Gasteiger partial charge in [-0.25, -0.2) is 8.42 Å². The quantitative estimate of drug-likeness (QED) is 0.522. The van der Waals surface area contributed by atoms with Gasteiger partial charge in [-0.2, -0.15) is 0 Å². The van der Waals surface area contributed by atoms with Crippen LogP contribution in [0.2, 0.25) is 0 Å². The van der Waals surface area contributed by atoms with Crippen LogP contribution in [0.1, 0.15) is 13.8 Å². The second kappa shape index (κ2) is 1.72. The Labute approximate surface area is 59.7 Å². The maximum atomic E-state index is 10.8. The van der Waals surface area contributed by atoms with Crippen LogP contribution in [-0.2, 0) is 14.8 Å². The Balaban J connectivity index is 3.03. The summed E-state index contributed by atoms with van der Waals surface area (Å²) in [6.45, 7) is 3.21. The summed E-state index contributed by atoms with van der Waals surface area (Å²) < 4.78 is 23.4. The molecule has 0 aliphatic carbocycles. The van der Waals surface area contributed by atoms with Gasteiger partial charge < -0.3 is 0 Å². The van der Waals surface area contributed by atoms with Crippen LogP contribution in [0.3, 0.4) is 0 Å². The van der Waals surface area contributed by atoms with Gasteiger partial charge >= 0.3 is 0 Å². The third kappa shape index (κ3) is 1.13. The molecule has 0 aromatic rings. The molecule has 1 amide bonds. The van der Waals surface area contributed by atoms with Crippen molar-refractivity contribution in [1.29, 1.82) is 0 Å². The Morgan fingerprint density at radius 1 is 1.50 bits per heavy atom. The highest BCUT2D eigenvalue weighted by atomic mass is 32.2. The van der Waals surface area contributed by atoms with E-state index in [-0.39, 0.29) is 5.75 Å². The number of rotatable bonds is 0. The van der Waals surface area contributed by atoms with Crippen LogP contribution in [0, 0.1) is 5.41 Å². The molecule has 1 heterocycles. The summed E-state index contributed by atoms with van der Waals surface area (Å²) in [6.07, 6.45) is 0. The van der Waals surface area contributed by atoms with Gasteiger partial charge in [-0.15, -0.1) is 0 Å². The highest BCUT2D eigenvalue weighted by Gasteiger charge is 2.42. The predicted molar refractivity (Wildman–Crippen MR) is 35.7 cm³/mol. The number of carbonyl (C=O) groups is 1. The fourth-order valence-electron chi connectivity index (χ4n) is 0.856. The van der Waals surface area contributed by atoms with Gasteiger partial charge in [-0.1, -0.05) is 0 Å². The summed E-state index contributed by atoms with van der Waals surface area (Å²) >= 11 is 0. The van der Waals surface area contributed by atoms with E-state index in [9.17, 15) is 13.2 Å². The molecular formula is C5H9NO3S. The minimum atomic E-state index is -3.30. The van der Waals surface area contributed by atoms with Crippen molar-refractivity contribution in [2.45, 2.75) is 13.8 Å². The van der Waals surface area contributed by atoms with Crippen molar-refractivity contribution in [3.05, 3.63) is 0 Å². The van der Waals surface area contributed by atoms with Crippen molar-refractivity contribution in [3.8, 4) is 0 Å². The molecule has 0 saturated carbocycles. The highest BCUT2D eigenvalue weighted by molar-refractivity contribution is 7.90. The Morgan fingerprint density at radius 2 is 2.00 bits per heavy atom. The molecule has 0 radical (unpaired) electrons. The van der Waals surface area contributed by atoms with E-state index in [4.69, 9.17) is 0 Å². The Morgan fingerprint density at radius 3 is 2.10 bits per heavy atom. The summed E-state index contributed by atoms with van der Waals surface area (Å²) in [4.78, 5) is 10.8. The van der Waals surface area contributed by atoms with Gasteiger partial charge in [0.25, 0.3) is 0 Å². The smallest absolute Gasteiger partial charge is 0.240 e. The molecule has 1 N–H and O–H groups in total. The molecule has 1 saturated heterocycles. The molecule has 58 valence electrons. The molecule has 1 aliphatic rings. The van der Waals surface area contributed by atoms with Gasteiger partial charge in [0.05, 0.1) is 11.2 Å². The van der Waals surface area contributed by atoms with Gasteiger partial charge in [0.15, 0.2) is 0 Å². The molecule has 4 nitrogen and oxygen atoms in total. The van der Waals surface area contributed by atoms with Crippen molar-refractivity contribution in [2.75, 3.05) is 5.75 Å². The zero-order chi connectivity index (χ0) is 7.99. The normalized spacial score (nSPS) is 28.0. The van der Waals surface area contributed by atoms with E-state index in [1.807, 2.05) is 4.72 Å². The van der Waals surface area contributed by atoms with E-state index in [1.165, 1.54) is 0 Å². The number of amides is 1. The molecule has 0 unspecified atom stereocenters. The zero-order valence-electron chi connectivity index (χ0n) is 5.84. The molecular weight excluding hydrogens is 154 g/mol. The first-order chi connectivity index (χ1) is 4.33. The molecule has 0 bridgehead atoms. The molecule has 10 heavy (non-hydrogen) atoms. The first kappa shape index (κ1) is 7.53. The number of hydrogen-bond donors (Lipinski definition) is 1. The van der Waals surface area contributed by atoms with Crippen molar-refractivity contribution >= 4 is 15.9 Å². The average molecular weight is 163 g/mol. The van der Waals surface area contributed by atoms with E-state index in [0.717, 1.165) is 0 Å². The molecule has 1 rings (SSSR count). The van der Waals surface area contributed by atoms with Gasteiger partial charge in [-0.3, -0.25) is 9.52 Å². The summed E-state index contributed by atoms with van der Waals surface area (Å²) in [7, 11) is -3.30.